The smallest absolute Gasteiger partial charge is 0.221 e. The molecule has 7 nitrogen and oxygen atoms in total. The van der Waals surface area contributed by atoms with Gasteiger partial charge in [0.2, 0.25) is 5.91 Å². The zero-order valence-corrected chi connectivity index (χ0v) is 18.8. The van der Waals surface area contributed by atoms with Crippen LogP contribution in [0.5, 0.6) is 11.5 Å². The van der Waals surface area contributed by atoms with E-state index in [-0.39, 0.29) is 5.91 Å². The normalized spacial score (nSPS) is 10.1. The third-order valence-corrected chi connectivity index (χ3v) is 5.02. The Labute approximate surface area is 193 Å². The quantitative estimate of drug-likeness (QED) is 0.405. The van der Waals surface area contributed by atoms with Crippen LogP contribution in [0.2, 0.25) is 0 Å². The zero-order chi connectivity index (χ0) is 24.0. The standard InChI is InChI=1S/C26H25N5O2/c1-16-12-22(29)23(31-21-8-6-19(15-28)7-9-21)14-25(16)33-26-17(2)11-20(5-4-10-27)13-24(26)30-18(3)32/h6-9,11-14,31H,4-5,29H2,1-3H3,(H,30,32). The topological polar surface area (TPSA) is 124 Å². The van der Waals surface area contributed by atoms with Crippen LogP contribution in [0.1, 0.15) is 35.6 Å². The second kappa shape index (κ2) is 10.2. The molecule has 3 aromatic carbocycles. The molecule has 0 aliphatic rings. The summed E-state index contributed by atoms with van der Waals surface area (Å²) in [4.78, 5) is 11.8. The van der Waals surface area contributed by atoms with Gasteiger partial charge in [-0.25, -0.2) is 0 Å². The van der Waals surface area contributed by atoms with Crippen molar-refractivity contribution in [2.45, 2.75) is 33.6 Å². The first-order valence-electron chi connectivity index (χ1n) is 10.4. The Morgan fingerprint density at radius 1 is 1.03 bits per heavy atom. The minimum atomic E-state index is -0.214. The van der Waals surface area contributed by atoms with Crippen molar-refractivity contribution >= 4 is 28.7 Å². The van der Waals surface area contributed by atoms with Crippen molar-refractivity contribution in [3.05, 3.63) is 70.8 Å². The Morgan fingerprint density at radius 2 is 1.76 bits per heavy atom. The Balaban J connectivity index is 1.96. The van der Waals surface area contributed by atoms with Gasteiger partial charge in [-0.05, 0) is 73.4 Å². The van der Waals surface area contributed by atoms with Crippen LogP contribution in [0.25, 0.3) is 0 Å². The summed E-state index contributed by atoms with van der Waals surface area (Å²) < 4.78 is 6.28. The molecule has 0 aliphatic carbocycles. The van der Waals surface area contributed by atoms with E-state index in [2.05, 4.69) is 22.8 Å². The van der Waals surface area contributed by atoms with Gasteiger partial charge in [0.1, 0.15) is 5.75 Å². The number of hydrogen-bond acceptors (Lipinski definition) is 6. The average Bonchev–Trinajstić information content (AvgIpc) is 2.77. The molecular weight excluding hydrogens is 414 g/mol. The third kappa shape index (κ3) is 5.81. The summed E-state index contributed by atoms with van der Waals surface area (Å²) in [5.74, 6) is 0.900. The number of ether oxygens (including phenoxy) is 1. The largest absolute Gasteiger partial charge is 0.455 e. The van der Waals surface area contributed by atoms with Crippen molar-refractivity contribution in [2.24, 2.45) is 0 Å². The number of carbonyl (C=O) groups excluding carboxylic acids is 1. The van der Waals surface area contributed by atoms with Gasteiger partial charge in [-0.2, -0.15) is 10.5 Å². The summed E-state index contributed by atoms with van der Waals surface area (Å²) in [6.45, 7) is 5.24. The molecule has 0 spiro atoms. The number of anilines is 4. The van der Waals surface area contributed by atoms with Crippen LogP contribution >= 0.6 is 0 Å². The number of benzene rings is 3. The van der Waals surface area contributed by atoms with Gasteiger partial charge >= 0.3 is 0 Å². The van der Waals surface area contributed by atoms with Gasteiger partial charge in [0.25, 0.3) is 0 Å². The maximum Gasteiger partial charge on any atom is 0.221 e. The highest BCUT2D eigenvalue weighted by atomic mass is 16.5. The van der Waals surface area contributed by atoms with Gasteiger partial charge in [-0.1, -0.05) is 6.07 Å². The van der Waals surface area contributed by atoms with E-state index in [1.807, 2.05) is 38.1 Å². The fourth-order valence-corrected chi connectivity index (χ4v) is 3.43. The van der Waals surface area contributed by atoms with Crippen LogP contribution in [0, 0.1) is 36.5 Å². The van der Waals surface area contributed by atoms with Crippen molar-refractivity contribution in [3.63, 3.8) is 0 Å². The first-order chi connectivity index (χ1) is 15.8. The fourth-order valence-electron chi connectivity index (χ4n) is 3.43. The molecule has 4 N–H and O–H groups in total. The van der Waals surface area contributed by atoms with E-state index in [0.717, 1.165) is 22.4 Å². The molecule has 0 fully saturated rings. The van der Waals surface area contributed by atoms with Gasteiger partial charge in [0.15, 0.2) is 5.75 Å². The lowest BCUT2D eigenvalue weighted by Gasteiger charge is -2.19. The molecule has 0 saturated carbocycles. The lowest BCUT2D eigenvalue weighted by molar-refractivity contribution is -0.114. The molecule has 33 heavy (non-hydrogen) atoms. The summed E-state index contributed by atoms with van der Waals surface area (Å²) in [7, 11) is 0. The number of hydrogen-bond donors (Lipinski definition) is 3. The SMILES string of the molecule is CC(=O)Nc1cc(CCC#N)cc(C)c1Oc1cc(Nc2ccc(C#N)cc2)c(N)cc1C. The Hall–Kier alpha value is -4.49. The van der Waals surface area contributed by atoms with Crippen molar-refractivity contribution in [1.29, 1.82) is 10.5 Å². The fraction of sp³-hybridized carbons (Fsp3) is 0.192. The molecule has 0 heterocycles. The molecule has 1 amide bonds. The second-order valence-electron chi connectivity index (χ2n) is 7.75. The molecule has 0 aliphatic heterocycles. The Bertz CT molecular complexity index is 1270. The van der Waals surface area contributed by atoms with Gasteiger partial charge in [-0.15, -0.1) is 0 Å². The molecule has 3 rings (SSSR count). The number of carbonyl (C=O) groups is 1. The second-order valence-corrected chi connectivity index (χ2v) is 7.75. The van der Waals surface area contributed by atoms with E-state index >= 15 is 0 Å². The number of nitrogen functional groups attached to an aromatic ring is 1. The highest BCUT2D eigenvalue weighted by Gasteiger charge is 2.15. The van der Waals surface area contributed by atoms with Gasteiger partial charge < -0.3 is 21.1 Å². The minimum Gasteiger partial charge on any atom is -0.455 e. The average molecular weight is 440 g/mol. The van der Waals surface area contributed by atoms with Crippen LogP contribution < -0.4 is 21.1 Å². The number of rotatable bonds is 7. The first kappa shape index (κ1) is 23.2. The number of nitrogens with zero attached hydrogens (tertiary/aromatic N) is 2. The number of aryl methyl sites for hydroxylation is 3. The van der Waals surface area contributed by atoms with Crippen LogP contribution in [0.3, 0.4) is 0 Å². The van der Waals surface area contributed by atoms with Gasteiger partial charge in [0, 0.05) is 25.1 Å². The summed E-state index contributed by atoms with van der Waals surface area (Å²) >= 11 is 0. The van der Waals surface area contributed by atoms with E-state index in [0.29, 0.717) is 47.0 Å². The van der Waals surface area contributed by atoms with Crippen molar-refractivity contribution < 1.29 is 9.53 Å². The minimum absolute atomic E-state index is 0.214. The highest BCUT2D eigenvalue weighted by molar-refractivity contribution is 5.91. The van der Waals surface area contributed by atoms with Crippen LogP contribution in [-0.4, -0.2) is 5.91 Å². The number of nitrogens with one attached hydrogen (secondary N) is 2. The predicted octanol–water partition coefficient (Wildman–Crippen LogP) is 5.71. The summed E-state index contributed by atoms with van der Waals surface area (Å²) in [6.07, 6.45) is 0.977. The predicted molar refractivity (Wildman–Crippen MR) is 130 cm³/mol. The molecule has 0 aromatic heterocycles. The van der Waals surface area contributed by atoms with Crippen molar-refractivity contribution in [3.8, 4) is 23.6 Å². The van der Waals surface area contributed by atoms with Crippen LogP contribution in [0.4, 0.5) is 22.7 Å². The number of amides is 1. The third-order valence-electron chi connectivity index (χ3n) is 5.02. The van der Waals surface area contributed by atoms with Crippen LogP contribution in [-0.2, 0) is 11.2 Å². The molecular formula is C26H25N5O2. The monoisotopic (exact) mass is 439 g/mol. The molecule has 0 radical (unpaired) electrons. The van der Waals surface area contributed by atoms with E-state index in [1.54, 1.807) is 24.3 Å². The van der Waals surface area contributed by atoms with Crippen molar-refractivity contribution in [1.82, 2.24) is 0 Å². The van der Waals surface area contributed by atoms with Gasteiger partial charge in [-0.3, -0.25) is 4.79 Å². The first-order valence-corrected chi connectivity index (χ1v) is 10.4. The molecule has 0 atom stereocenters. The number of nitrogens with two attached hydrogens (primary N) is 1. The Kier molecular flexibility index (Phi) is 7.17. The zero-order valence-electron chi connectivity index (χ0n) is 18.8. The van der Waals surface area contributed by atoms with E-state index in [4.69, 9.17) is 21.0 Å². The molecule has 3 aromatic rings. The lowest BCUT2D eigenvalue weighted by Crippen LogP contribution is -2.09. The maximum atomic E-state index is 11.8. The maximum absolute atomic E-state index is 11.8. The summed E-state index contributed by atoms with van der Waals surface area (Å²) in [6, 6.07) is 18.7. The lowest BCUT2D eigenvalue weighted by atomic mass is 10.0. The number of nitriles is 2. The molecule has 166 valence electrons. The van der Waals surface area contributed by atoms with Crippen molar-refractivity contribution in [2.75, 3.05) is 16.4 Å². The van der Waals surface area contributed by atoms with Crippen LogP contribution in [0.15, 0.2) is 48.5 Å². The van der Waals surface area contributed by atoms with E-state index < -0.39 is 0 Å². The molecule has 0 bridgehead atoms. The Morgan fingerprint density at radius 3 is 2.39 bits per heavy atom. The summed E-state index contributed by atoms with van der Waals surface area (Å²) in [5, 5.41) is 24.0. The van der Waals surface area contributed by atoms with E-state index in [1.165, 1.54) is 6.92 Å². The molecule has 0 saturated heterocycles. The molecule has 0 unspecified atom stereocenters. The summed E-state index contributed by atoms with van der Waals surface area (Å²) in [5.41, 5.74) is 12.0. The van der Waals surface area contributed by atoms with Gasteiger partial charge in [0.05, 0.1) is 34.8 Å². The van der Waals surface area contributed by atoms with E-state index in [9.17, 15) is 4.79 Å². The molecule has 7 heteroatoms. The highest BCUT2D eigenvalue weighted by Crippen LogP contribution is 2.39.